The molecule has 0 aliphatic carbocycles. The van der Waals surface area contributed by atoms with Crippen molar-refractivity contribution in [3.05, 3.63) is 34.7 Å². The highest BCUT2D eigenvalue weighted by molar-refractivity contribution is 5.85. The molecule has 8 nitrogen and oxygen atoms in total. The first-order valence-electron chi connectivity index (χ1n) is 9.93. The second kappa shape index (κ2) is 10.5. The van der Waals surface area contributed by atoms with E-state index in [1.807, 2.05) is 29.2 Å². The number of carbonyl (C=O) groups excluding carboxylic acids is 2. The van der Waals surface area contributed by atoms with Crippen molar-refractivity contribution < 1.29 is 9.59 Å². The fraction of sp³-hybridized carbons (Fsp3) is 0.550. The second-order valence-corrected chi connectivity index (χ2v) is 7.31. The quantitative estimate of drug-likeness (QED) is 0.693. The summed E-state index contributed by atoms with van der Waals surface area (Å²) in [6, 6.07) is 7.60. The monoisotopic (exact) mass is 423 g/mol. The topological polar surface area (TPSA) is 102 Å². The van der Waals surface area contributed by atoms with Gasteiger partial charge in [0.15, 0.2) is 0 Å². The van der Waals surface area contributed by atoms with Gasteiger partial charge in [0.2, 0.25) is 11.8 Å². The fourth-order valence-electron chi connectivity index (χ4n) is 3.92. The van der Waals surface area contributed by atoms with E-state index in [4.69, 9.17) is 5.73 Å². The molecule has 3 rings (SSSR count). The number of aryl methyl sites for hydroxylation is 2. The van der Waals surface area contributed by atoms with Crippen LogP contribution in [0.2, 0.25) is 0 Å². The van der Waals surface area contributed by atoms with Crippen LogP contribution < -0.4 is 16.7 Å². The smallest absolute Gasteiger partial charge is 0.328 e. The van der Waals surface area contributed by atoms with Gasteiger partial charge in [-0.3, -0.25) is 18.7 Å². The number of likely N-dealkylation sites (tertiary alicyclic amines) is 1. The van der Waals surface area contributed by atoms with Crippen LogP contribution in [0.25, 0.3) is 11.0 Å². The van der Waals surface area contributed by atoms with Gasteiger partial charge >= 0.3 is 5.69 Å². The fourth-order valence-corrected chi connectivity index (χ4v) is 3.92. The first-order chi connectivity index (χ1) is 13.5. The molecule has 0 spiro atoms. The lowest BCUT2D eigenvalue weighted by molar-refractivity contribution is -0.135. The number of hydrogen-bond donors (Lipinski definition) is 2. The van der Waals surface area contributed by atoms with Gasteiger partial charge in [0.25, 0.3) is 0 Å². The highest BCUT2D eigenvalue weighted by atomic mass is 35.5. The zero-order chi connectivity index (χ0) is 20.1. The van der Waals surface area contributed by atoms with Gasteiger partial charge in [-0.25, -0.2) is 4.79 Å². The molecule has 1 aliphatic heterocycles. The second-order valence-electron chi connectivity index (χ2n) is 7.31. The van der Waals surface area contributed by atoms with E-state index in [0.717, 1.165) is 30.3 Å². The van der Waals surface area contributed by atoms with Crippen LogP contribution in [0.15, 0.2) is 29.1 Å². The number of benzene rings is 1. The number of nitrogens with two attached hydrogens (primary N) is 1. The predicted molar refractivity (Wildman–Crippen MR) is 115 cm³/mol. The molecule has 1 aliphatic rings. The molecule has 0 saturated carbocycles. The Hall–Kier alpha value is -2.32. The maximum Gasteiger partial charge on any atom is 0.328 e. The molecule has 29 heavy (non-hydrogen) atoms. The summed E-state index contributed by atoms with van der Waals surface area (Å²) in [5.74, 6) is -0.0552. The van der Waals surface area contributed by atoms with Gasteiger partial charge < -0.3 is 16.0 Å². The number of hydrogen-bond acceptors (Lipinski definition) is 4. The summed E-state index contributed by atoms with van der Waals surface area (Å²) >= 11 is 0. The minimum absolute atomic E-state index is 0. The Bertz CT molecular complexity index is 907. The number of aromatic nitrogens is 2. The van der Waals surface area contributed by atoms with E-state index in [9.17, 15) is 14.4 Å². The minimum atomic E-state index is -0.113. The number of halogens is 1. The largest absolute Gasteiger partial charge is 0.354 e. The first kappa shape index (κ1) is 23.0. The van der Waals surface area contributed by atoms with Crippen LogP contribution in [-0.2, 0) is 23.2 Å². The average molecular weight is 424 g/mol. The Labute approximate surface area is 176 Å². The Morgan fingerprint density at radius 2 is 1.90 bits per heavy atom. The Balaban J connectivity index is 0.00000300. The van der Waals surface area contributed by atoms with Crippen LogP contribution in [-0.4, -0.2) is 51.5 Å². The molecular weight excluding hydrogens is 394 g/mol. The summed E-state index contributed by atoms with van der Waals surface area (Å²) in [6.07, 6.45) is 3.45. The maximum atomic E-state index is 12.9. The molecule has 1 aromatic heterocycles. The molecule has 2 aromatic rings. The molecule has 2 heterocycles. The van der Waals surface area contributed by atoms with E-state index >= 15 is 0 Å². The highest BCUT2D eigenvalue weighted by Gasteiger charge is 2.27. The molecule has 0 radical (unpaired) electrons. The number of nitrogens with one attached hydrogen (secondary N) is 1. The standard InChI is InChI=1S/C20H29N5O3.ClH/c1-23-16-7-2-3-8-17(16)25(20(23)28)13-10-19(27)24-12-5-4-6-15(24)14-22-18(26)9-11-21;/h2-3,7-8,15H,4-6,9-14,21H2,1H3,(H,22,26);1H. The number of para-hydroxylation sites is 2. The summed E-state index contributed by atoms with van der Waals surface area (Å²) in [5.41, 5.74) is 6.99. The van der Waals surface area contributed by atoms with Crippen molar-refractivity contribution in [2.75, 3.05) is 19.6 Å². The Morgan fingerprint density at radius 3 is 2.62 bits per heavy atom. The van der Waals surface area contributed by atoms with Gasteiger partial charge in [0.1, 0.15) is 0 Å². The number of fused-ring (bicyclic) bond motifs is 1. The third-order valence-corrected chi connectivity index (χ3v) is 5.45. The van der Waals surface area contributed by atoms with Crippen LogP contribution in [0.1, 0.15) is 32.1 Å². The van der Waals surface area contributed by atoms with Gasteiger partial charge in [0, 0.05) is 52.1 Å². The highest BCUT2D eigenvalue weighted by Crippen LogP contribution is 2.18. The molecule has 1 fully saturated rings. The molecule has 1 atom stereocenters. The third kappa shape index (κ3) is 5.19. The number of piperidine rings is 1. The van der Waals surface area contributed by atoms with Crippen LogP contribution >= 0.6 is 12.4 Å². The summed E-state index contributed by atoms with van der Waals surface area (Å²) in [5, 5.41) is 2.88. The molecule has 0 bridgehead atoms. The SMILES string of the molecule is Cl.Cn1c(=O)n(CCC(=O)N2CCCCC2CNC(=O)CCN)c2ccccc21. The lowest BCUT2D eigenvalue weighted by atomic mass is 10.0. The number of nitrogens with zero attached hydrogens (tertiary/aromatic N) is 3. The maximum absolute atomic E-state index is 12.9. The van der Waals surface area contributed by atoms with E-state index in [1.54, 1.807) is 16.2 Å². The van der Waals surface area contributed by atoms with Gasteiger partial charge in [-0.1, -0.05) is 12.1 Å². The lowest BCUT2D eigenvalue weighted by Crippen LogP contribution is -2.49. The normalized spacial score (nSPS) is 16.5. The van der Waals surface area contributed by atoms with E-state index in [2.05, 4.69) is 5.32 Å². The molecular formula is C20H30ClN5O3. The van der Waals surface area contributed by atoms with Gasteiger partial charge in [-0.15, -0.1) is 12.4 Å². The van der Waals surface area contributed by atoms with E-state index in [1.165, 1.54) is 0 Å². The summed E-state index contributed by atoms with van der Waals surface area (Å²) in [4.78, 5) is 39.0. The van der Waals surface area contributed by atoms with Gasteiger partial charge in [0.05, 0.1) is 11.0 Å². The first-order valence-corrected chi connectivity index (χ1v) is 9.93. The van der Waals surface area contributed by atoms with Gasteiger partial charge in [-0.05, 0) is 31.4 Å². The minimum Gasteiger partial charge on any atom is -0.354 e. The summed E-state index contributed by atoms with van der Waals surface area (Å²) in [7, 11) is 1.74. The zero-order valence-electron chi connectivity index (χ0n) is 16.8. The van der Waals surface area contributed by atoms with Crippen molar-refractivity contribution in [1.29, 1.82) is 0 Å². The van der Waals surface area contributed by atoms with Crippen molar-refractivity contribution >= 4 is 35.3 Å². The zero-order valence-corrected chi connectivity index (χ0v) is 17.6. The van der Waals surface area contributed by atoms with Crippen molar-refractivity contribution in [1.82, 2.24) is 19.4 Å². The van der Waals surface area contributed by atoms with Crippen LogP contribution in [0.5, 0.6) is 0 Å². The van der Waals surface area contributed by atoms with E-state index in [-0.39, 0.29) is 42.4 Å². The number of carbonyl (C=O) groups is 2. The lowest BCUT2D eigenvalue weighted by Gasteiger charge is -2.36. The molecule has 1 aromatic carbocycles. The van der Waals surface area contributed by atoms with Crippen LogP contribution in [0.4, 0.5) is 0 Å². The molecule has 3 N–H and O–H groups in total. The van der Waals surface area contributed by atoms with Gasteiger partial charge in [-0.2, -0.15) is 0 Å². The molecule has 1 unspecified atom stereocenters. The summed E-state index contributed by atoms with van der Waals surface area (Å²) in [6.45, 7) is 1.82. The van der Waals surface area contributed by atoms with Crippen molar-refractivity contribution in [2.24, 2.45) is 12.8 Å². The number of rotatable bonds is 7. The van der Waals surface area contributed by atoms with Crippen molar-refractivity contribution in [3.8, 4) is 0 Å². The van der Waals surface area contributed by atoms with E-state index < -0.39 is 0 Å². The molecule has 9 heteroatoms. The summed E-state index contributed by atoms with van der Waals surface area (Å²) < 4.78 is 3.27. The third-order valence-electron chi connectivity index (χ3n) is 5.45. The molecule has 2 amide bonds. The molecule has 160 valence electrons. The Kier molecular flexibility index (Phi) is 8.28. The van der Waals surface area contributed by atoms with Crippen LogP contribution in [0.3, 0.4) is 0 Å². The van der Waals surface area contributed by atoms with Crippen molar-refractivity contribution in [2.45, 2.75) is 44.7 Å². The number of amides is 2. The van der Waals surface area contributed by atoms with E-state index in [0.29, 0.717) is 32.6 Å². The predicted octanol–water partition coefficient (Wildman–Crippen LogP) is 0.998. The number of imidazole rings is 1. The average Bonchev–Trinajstić information content (AvgIpc) is 2.95. The van der Waals surface area contributed by atoms with Crippen molar-refractivity contribution in [3.63, 3.8) is 0 Å². The van der Waals surface area contributed by atoms with Crippen LogP contribution in [0, 0.1) is 0 Å². The Morgan fingerprint density at radius 1 is 1.17 bits per heavy atom. The molecule has 1 saturated heterocycles.